The third kappa shape index (κ3) is 2.89. The van der Waals surface area contributed by atoms with Crippen LogP contribution in [0.5, 0.6) is 0 Å². The van der Waals surface area contributed by atoms with Crippen LogP contribution in [0.2, 0.25) is 0 Å². The molecule has 1 aliphatic carbocycles. The topological polar surface area (TPSA) is 46.9 Å². The number of hydrogen-bond acceptors (Lipinski definition) is 2. The molecule has 0 bridgehead atoms. The van der Waals surface area contributed by atoms with Crippen LogP contribution in [-0.2, 0) is 7.05 Å². The number of carbonyl (C=O) groups excluding carboxylic acids is 1. The fourth-order valence-electron chi connectivity index (χ4n) is 2.18. The van der Waals surface area contributed by atoms with Crippen LogP contribution in [0.15, 0.2) is 6.20 Å². The number of rotatable bonds is 2. The molecule has 4 nitrogen and oxygen atoms in total. The van der Waals surface area contributed by atoms with Gasteiger partial charge >= 0.3 is 0 Å². The first-order valence-electron chi connectivity index (χ1n) is 6.01. The van der Waals surface area contributed by atoms with Gasteiger partial charge in [0.05, 0.1) is 11.8 Å². The van der Waals surface area contributed by atoms with Gasteiger partial charge in [0, 0.05) is 23.6 Å². The van der Waals surface area contributed by atoms with Crippen LogP contribution in [0.4, 0.5) is 0 Å². The summed E-state index contributed by atoms with van der Waals surface area (Å²) in [6.07, 6.45) is 6.02. The van der Waals surface area contributed by atoms with E-state index in [-0.39, 0.29) is 5.91 Å². The molecule has 1 aromatic rings. The number of halogens is 1. The van der Waals surface area contributed by atoms with Crippen LogP contribution >= 0.6 is 15.9 Å². The van der Waals surface area contributed by atoms with Crippen molar-refractivity contribution in [3.05, 3.63) is 17.5 Å². The molecule has 94 valence electrons. The smallest absolute Gasteiger partial charge is 0.254 e. The first-order valence-corrected chi connectivity index (χ1v) is 6.93. The van der Waals surface area contributed by atoms with E-state index in [9.17, 15) is 4.79 Å². The predicted octanol–water partition coefficient (Wildman–Crippen LogP) is 2.16. The van der Waals surface area contributed by atoms with Gasteiger partial charge in [-0.2, -0.15) is 5.10 Å². The summed E-state index contributed by atoms with van der Waals surface area (Å²) < 4.78 is 1.73. The minimum absolute atomic E-state index is 0.00798. The third-order valence-corrected chi connectivity index (χ3v) is 4.39. The van der Waals surface area contributed by atoms with Crippen molar-refractivity contribution in [2.45, 2.75) is 43.5 Å². The molecule has 0 atom stereocenters. The SMILES string of the molecule is Cc1c(C(=O)NC2CCC(Br)CC2)cnn1C. The minimum atomic E-state index is 0.00798. The van der Waals surface area contributed by atoms with Crippen molar-refractivity contribution in [1.82, 2.24) is 15.1 Å². The zero-order chi connectivity index (χ0) is 12.4. The van der Waals surface area contributed by atoms with Crippen LogP contribution < -0.4 is 5.32 Å². The van der Waals surface area contributed by atoms with Gasteiger partial charge in [-0.1, -0.05) is 15.9 Å². The highest BCUT2D eigenvalue weighted by atomic mass is 79.9. The van der Waals surface area contributed by atoms with E-state index in [1.165, 1.54) is 0 Å². The van der Waals surface area contributed by atoms with Crippen LogP contribution in [-0.4, -0.2) is 26.6 Å². The number of aromatic nitrogens is 2. The highest BCUT2D eigenvalue weighted by Crippen LogP contribution is 2.24. The summed E-state index contributed by atoms with van der Waals surface area (Å²) in [5.74, 6) is 0.00798. The van der Waals surface area contributed by atoms with Gasteiger partial charge in [-0.3, -0.25) is 9.48 Å². The largest absolute Gasteiger partial charge is 0.349 e. The van der Waals surface area contributed by atoms with E-state index in [0.717, 1.165) is 31.4 Å². The van der Waals surface area contributed by atoms with Crippen molar-refractivity contribution in [3.63, 3.8) is 0 Å². The second kappa shape index (κ2) is 5.21. The van der Waals surface area contributed by atoms with Gasteiger partial charge < -0.3 is 5.32 Å². The molecule has 1 heterocycles. The Balaban J connectivity index is 1.95. The summed E-state index contributed by atoms with van der Waals surface area (Å²) in [6, 6.07) is 0.316. The monoisotopic (exact) mass is 299 g/mol. The Morgan fingerprint density at radius 2 is 2.12 bits per heavy atom. The summed E-state index contributed by atoms with van der Waals surface area (Å²) in [4.78, 5) is 12.7. The lowest BCUT2D eigenvalue weighted by molar-refractivity contribution is 0.0927. The number of alkyl halides is 1. The lowest BCUT2D eigenvalue weighted by Crippen LogP contribution is -2.37. The summed E-state index contributed by atoms with van der Waals surface area (Å²) in [5, 5.41) is 7.19. The van der Waals surface area contributed by atoms with Crippen molar-refractivity contribution < 1.29 is 4.79 Å². The Morgan fingerprint density at radius 1 is 1.47 bits per heavy atom. The molecule has 0 spiro atoms. The van der Waals surface area contributed by atoms with Crippen LogP contribution in [0.3, 0.4) is 0 Å². The van der Waals surface area contributed by atoms with Crippen LogP contribution in [0.25, 0.3) is 0 Å². The van der Waals surface area contributed by atoms with E-state index in [0.29, 0.717) is 16.4 Å². The maximum absolute atomic E-state index is 12.1. The molecule has 0 aliphatic heterocycles. The Kier molecular flexibility index (Phi) is 3.86. The highest BCUT2D eigenvalue weighted by molar-refractivity contribution is 9.09. The molecule has 0 aromatic carbocycles. The standard InChI is InChI=1S/C12H18BrN3O/c1-8-11(7-14-16(8)2)12(17)15-10-5-3-9(13)4-6-10/h7,9-10H,3-6H2,1-2H3,(H,15,17). The van der Waals surface area contributed by atoms with Gasteiger partial charge in [-0.15, -0.1) is 0 Å². The number of amides is 1. The molecule has 17 heavy (non-hydrogen) atoms. The van der Waals surface area contributed by atoms with Gasteiger partial charge in [0.25, 0.3) is 5.91 Å². The first-order chi connectivity index (χ1) is 8.08. The third-order valence-electron chi connectivity index (χ3n) is 3.47. The number of carbonyl (C=O) groups is 1. The Labute approximate surface area is 110 Å². The average molecular weight is 300 g/mol. The predicted molar refractivity (Wildman–Crippen MR) is 70.4 cm³/mol. The molecular formula is C12H18BrN3O. The van der Waals surface area contributed by atoms with Crippen molar-refractivity contribution in [1.29, 1.82) is 0 Å². The molecule has 1 N–H and O–H groups in total. The molecular weight excluding hydrogens is 282 g/mol. The second-order valence-electron chi connectivity index (χ2n) is 4.69. The maximum Gasteiger partial charge on any atom is 0.254 e. The van der Waals surface area contributed by atoms with E-state index in [2.05, 4.69) is 26.3 Å². The Morgan fingerprint density at radius 3 is 2.65 bits per heavy atom. The lowest BCUT2D eigenvalue weighted by Gasteiger charge is -2.25. The zero-order valence-electron chi connectivity index (χ0n) is 10.2. The number of aryl methyl sites for hydroxylation is 1. The van der Waals surface area contributed by atoms with E-state index < -0.39 is 0 Å². The maximum atomic E-state index is 12.1. The summed E-state index contributed by atoms with van der Waals surface area (Å²) >= 11 is 3.62. The van der Waals surface area contributed by atoms with Crippen molar-refractivity contribution in [3.8, 4) is 0 Å². The van der Waals surface area contributed by atoms with Crippen molar-refractivity contribution in [2.75, 3.05) is 0 Å². The molecule has 1 fully saturated rings. The van der Waals surface area contributed by atoms with E-state index in [1.54, 1.807) is 10.9 Å². The number of nitrogens with one attached hydrogen (secondary N) is 1. The first kappa shape index (κ1) is 12.6. The molecule has 0 saturated heterocycles. The van der Waals surface area contributed by atoms with Gasteiger partial charge in [0.2, 0.25) is 0 Å². The quantitative estimate of drug-likeness (QED) is 0.851. The molecule has 1 aliphatic rings. The fourth-order valence-corrected chi connectivity index (χ4v) is 2.71. The van der Waals surface area contributed by atoms with Crippen LogP contribution in [0, 0.1) is 6.92 Å². The molecule has 1 saturated carbocycles. The van der Waals surface area contributed by atoms with Gasteiger partial charge in [0.1, 0.15) is 0 Å². The summed E-state index contributed by atoms with van der Waals surface area (Å²) in [6.45, 7) is 1.91. The Hall–Kier alpha value is -0.840. The Bertz CT molecular complexity index is 408. The van der Waals surface area contributed by atoms with E-state index in [4.69, 9.17) is 0 Å². The average Bonchev–Trinajstić information content (AvgIpc) is 2.63. The molecule has 5 heteroatoms. The summed E-state index contributed by atoms with van der Waals surface area (Å²) in [5.41, 5.74) is 1.60. The van der Waals surface area contributed by atoms with E-state index in [1.807, 2.05) is 14.0 Å². The fraction of sp³-hybridized carbons (Fsp3) is 0.667. The van der Waals surface area contributed by atoms with Crippen molar-refractivity contribution in [2.24, 2.45) is 7.05 Å². The van der Waals surface area contributed by atoms with E-state index >= 15 is 0 Å². The van der Waals surface area contributed by atoms with Gasteiger partial charge in [-0.25, -0.2) is 0 Å². The summed E-state index contributed by atoms with van der Waals surface area (Å²) in [7, 11) is 1.85. The normalized spacial score (nSPS) is 24.6. The molecule has 2 rings (SSSR count). The van der Waals surface area contributed by atoms with Gasteiger partial charge in [-0.05, 0) is 32.6 Å². The highest BCUT2D eigenvalue weighted by Gasteiger charge is 2.22. The zero-order valence-corrected chi connectivity index (χ0v) is 11.8. The lowest BCUT2D eigenvalue weighted by atomic mass is 9.95. The second-order valence-corrected chi connectivity index (χ2v) is 5.98. The van der Waals surface area contributed by atoms with Crippen molar-refractivity contribution >= 4 is 21.8 Å². The molecule has 1 aromatic heterocycles. The molecule has 0 unspecified atom stereocenters. The van der Waals surface area contributed by atoms with Gasteiger partial charge in [0.15, 0.2) is 0 Å². The number of hydrogen-bond donors (Lipinski definition) is 1. The minimum Gasteiger partial charge on any atom is -0.349 e. The molecule has 0 radical (unpaired) electrons. The van der Waals surface area contributed by atoms with Crippen LogP contribution in [0.1, 0.15) is 41.7 Å². The number of nitrogens with zero attached hydrogens (tertiary/aromatic N) is 2. The molecule has 1 amide bonds.